The van der Waals surface area contributed by atoms with Crippen LogP contribution in [0.2, 0.25) is 0 Å². The van der Waals surface area contributed by atoms with Gasteiger partial charge in [0.05, 0.1) is 0 Å². The summed E-state index contributed by atoms with van der Waals surface area (Å²) < 4.78 is 0. The molecular weight excluding hydrogens is 346 g/mol. The molecule has 1 aromatic heterocycles. The van der Waals surface area contributed by atoms with Gasteiger partial charge in [-0.25, -0.2) is 4.98 Å². The van der Waals surface area contributed by atoms with E-state index in [1.165, 1.54) is 16.9 Å². The molecule has 6 heteroatoms. The van der Waals surface area contributed by atoms with E-state index in [1.807, 2.05) is 31.2 Å². The van der Waals surface area contributed by atoms with Crippen molar-refractivity contribution >= 4 is 28.3 Å². The van der Waals surface area contributed by atoms with Gasteiger partial charge >= 0.3 is 0 Å². The van der Waals surface area contributed by atoms with E-state index in [0.29, 0.717) is 23.2 Å². The van der Waals surface area contributed by atoms with Crippen molar-refractivity contribution in [3.63, 3.8) is 0 Å². The molecule has 0 aliphatic rings. The lowest BCUT2D eigenvalue weighted by atomic mass is 10.1. The van der Waals surface area contributed by atoms with Crippen LogP contribution in [0.4, 0.5) is 5.13 Å². The monoisotopic (exact) mass is 373 g/mol. The number of aromatic nitrogens is 1. The molecular formula is C20H27N3O2S. The van der Waals surface area contributed by atoms with Gasteiger partial charge in [0.2, 0.25) is 5.91 Å². The zero-order valence-electron chi connectivity index (χ0n) is 15.9. The van der Waals surface area contributed by atoms with Crippen molar-refractivity contribution in [2.75, 3.05) is 18.4 Å². The summed E-state index contributed by atoms with van der Waals surface area (Å²) in [7, 11) is 0. The van der Waals surface area contributed by atoms with Gasteiger partial charge in [0.15, 0.2) is 5.13 Å². The van der Waals surface area contributed by atoms with Crippen molar-refractivity contribution in [3.8, 4) is 0 Å². The first-order valence-corrected chi connectivity index (χ1v) is 9.81. The number of aryl methyl sites for hydroxylation is 2. The van der Waals surface area contributed by atoms with Crippen LogP contribution in [0, 0.1) is 12.8 Å². The van der Waals surface area contributed by atoms with Gasteiger partial charge in [-0.05, 0) is 43.4 Å². The predicted octanol–water partition coefficient (Wildman–Crippen LogP) is 4.14. The van der Waals surface area contributed by atoms with Crippen molar-refractivity contribution in [2.45, 2.75) is 40.5 Å². The minimum absolute atomic E-state index is 0.0275. The molecule has 5 nitrogen and oxygen atoms in total. The molecule has 0 atom stereocenters. The van der Waals surface area contributed by atoms with Gasteiger partial charge in [-0.15, -0.1) is 11.3 Å². The molecule has 140 valence electrons. The summed E-state index contributed by atoms with van der Waals surface area (Å²) in [6.07, 6.45) is 3.50. The molecule has 0 saturated carbocycles. The van der Waals surface area contributed by atoms with Crippen LogP contribution in [0.1, 0.15) is 48.0 Å². The van der Waals surface area contributed by atoms with Crippen LogP contribution in [-0.2, 0) is 11.2 Å². The number of hydrogen-bond donors (Lipinski definition) is 1. The van der Waals surface area contributed by atoms with Crippen molar-refractivity contribution in [1.82, 2.24) is 9.88 Å². The molecule has 0 aliphatic carbocycles. The first-order chi connectivity index (χ1) is 12.4. The summed E-state index contributed by atoms with van der Waals surface area (Å²) in [5, 5.41) is 3.35. The standard InChI is InChI=1S/C20H27N3O2S/c1-5-16-6-8-17(9-7-16)19(25)23(11-10-14(2)3)13-18(24)22-20-21-12-15(4)26-20/h6-9,12,14H,5,10-11,13H2,1-4H3,(H,21,22,24). The maximum absolute atomic E-state index is 12.9. The normalized spacial score (nSPS) is 10.8. The number of carbonyl (C=O) groups is 2. The second-order valence-electron chi connectivity index (χ2n) is 6.78. The molecule has 0 fully saturated rings. The van der Waals surface area contributed by atoms with Crippen LogP contribution >= 0.6 is 11.3 Å². The Bertz CT molecular complexity index is 738. The number of carbonyl (C=O) groups excluding carboxylic acids is 2. The van der Waals surface area contributed by atoms with Crippen molar-refractivity contribution < 1.29 is 9.59 Å². The molecule has 0 unspecified atom stereocenters. The highest BCUT2D eigenvalue weighted by Gasteiger charge is 2.19. The Balaban J connectivity index is 2.07. The molecule has 1 aromatic carbocycles. The lowest BCUT2D eigenvalue weighted by molar-refractivity contribution is -0.116. The second-order valence-corrected chi connectivity index (χ2v) is 8.02. The van der Waals surface area contributed by atoms with Gasteiger partial charge < -0.3 is 10.2 Å². The van der Waals surface area contributed by atoms with E-state index in [1.54, 1.807) is 11.1 Å². The lowest BCUT2D eigenvalue weighted by Gasteiger charge is -2.23. The van der Waals surface area contributed by atoms with E-state index < -0.39 is 0 Å². The fraction of sp³-hybridized carbons (Fsp3) is 0.450. The SMILES string of the molecule is CCc1ccc(C(=O)N(CCC(C)C)CC(=O)Nc2ncc(C)s2)cc1. The van der Waals surface area contributed by atoms with Crippen molar-refractivity contribution in [3.05, 3.63) is 46.5 Å². The molecule has 2 amide bonds. The van der Waals surface area contributed by atoms with Gasteiger partial charge in [-0.3, -0.25) is 9.59 Å². The van der Waals surface area contributed by atoms with Crippen LogP contribution in [0.3, 0.4) is 0 Å². The first-order valence-electron chi connectivity index (χ1n) is 8.99. The van der Waals surface area contributed by atoms with E-state index >= 15 is 0 Å². The molecule has 0 aliphatic heterocycles. The number of anilines is 1. The summed E-state index contributed by atoms with van der Waals surface area (Å²) in [4.78, 5) is 32.1. The Labute approximate surface area is 159 Å². The van der Waals surface area contributed by atoms with E-state index in [4.69, 9.17) is 0 Å². The fourth-order valence-corrected chi connectivity index (χ4v) is 3.16. The topological polar surface area (TPSA) is 62.3 Å². The highest BCUT2D eigenvalue weighted by molar-refractivity contribution is 7.15. The van der Waals surface area contributed by atoms with Crippen LogP contribution in [-0.4, -0.2) is 34.8 Å². The number of amides is 2. The Hall–Kier alpha value is -2.21. The fourth-order valence-electron chi connectivity index (χ4n) is 2.48. The molecule has 0 bridgehead atoms. The zero-order chi connectivity index (χ0) is 19.1. The van der Waals surface area contributed by atoms with Gasteiger partial charge in [0.1, 0.15) is 6.54 Å². The third-order valence-electron chi connectivity index (χ3n) is 4.07. The maximum Gasteiger partial charge on any atom is 0.254 e. The molecule has 0 spiro atoms. The Morgan fingerprint density at radius 1 is 1.23 bits per heavy atom. The van der Waals surface area contributed by atoms with Crippen LogP contribution in [0.25, 0.3) is 0 Å². The zero-order valence-corrected chi connectivity index (χ0v) is 16.7. The summed E-state index contributed by atoms with van der Waals surface area (Å²) in [5.41, 5.74) is 1.80. The molecule has 1 heterocycles. The van der Waals surface area contributed by atoms with E-state index in [2.05, 4.69) is 31.1 Å². The van der Waals surface area contributed by atoms with Crippen molar-refractivity contribution in [1.29, 1.82) is 0 Å². The molecule has 0 saturated heterocycles. The van der Waals surface area contributed by atoms with Gasteiger partial charge in [-0.2, -0.15) is 0 Å². The number of rotatable bonds is 8. The minimum atomic E-state index is -0.221. The largest absolute Gasteiger partial charge is 0.329 e. The summed E-state index contributed by atoms with van der Waals surface area (Å²) in [5.74, 6) is 0.123. The summed E-state index contributed by atoms with van der Waals surface area (Å²) in [6, 6.07) is 7.61. The van der Waals surface area contributed by atoms with Crippen LogP contribution in [0.15, 0.2) is 30.5 Å². The van der Waals surface area contributed by atoms with Gasteiger partial charge in [-0.1, -0.05) is 32.9 Å². The quantitative estimate of drug-likeness (QED) is 0.756. The average Bonchev–Trinajstić information content (AvgIpc) is 3.02. The summed E-state index contributed by atoms with van der Waals surface area (Å²) in [6.45, 7) is 8.81. The van der Waals surface area contributed by atoms with Crippen LogP contribution in [0.5, 0.6) is 0 Å². The molecule has 26 heavy (non-hydrogen) atoms. The van der Waals surface area contributed by atoms with E-state index in [9.17, 15) is 9.59 Å². The molecule has 2 rings (SSSR count). The number of benzene rings is 1. The Morgan fingerprint density at radius 2 is 1.92 bits per heavy atom. The molecule has 1 N–H and O–H groups in total. The third kappa shape index (κ3) is 5.95. The van der Waals surface area contributed by atoms with E-state index in [-0.39, 0.29) is 18.4 Å². The van der Waals surface area contributed by atoms with E-state index in [0.717, 1.165) is 17.7 Å². The summed E-state index contributed by atoms with van der Waals surface area (Å²) >= 11 is 1.42. The number of thiazole rings is 1. The number of hydrogen-bond acceptors (Lipinski definition) is 4. The Kier molecular flexibility index (Phi) is 7.33. The van der Waals surface area contributed by atoms with Crippen LogP contribution < -0.4 is 5.32 Å². The van der Waals surface area contributed by atoms with Gasteiger partial charge in [0.25, 0.3) is 5.91 Å². The highest BCUT2D eigenvalue weighted by Crippen LogP contribution is 2.17. The second kappa shape index (κ2) is 9.48. The van der Waals surface area contributed by atoms with Gasteiger partial charge in [0, 0.05) is 23.2 Å². The Morgan fingerprint density at radius 3 is 2.46 bits per heavy atom. The average molecular weight is 374 g/mol. The predicted molar refractivity (Wildman–Crippen MR) is 107 cm³/mol. The third-order valence-corrected chi connectivity index (χ3v) is 4.90. The minimum Gasteiger partial charge on any atom is -0.329 e. The first kappa shape index (κ1) is 20.1. The maximum atomic E-state index is 12.9. The smallest absolute Gasteiger partial charge is 0.254 e. The molecule has 0 radical (unpaired) electrons. The number of nitrogens with one attached hydrogen (secondary N) is 1. The highest BCUT2D eigenvalue weighted by atomic mass is 32.1. The number of nitrogens with zero attached hydrogens (tertiary/aromatic N) is 2. The van der Waals surface area contributed by atoms with Crippen molar-refractivity contribution in [2.24, 2.45) is 5.92 Å². The molecule has 2 aromatic rings. The lowest BCUT2D eigenvalue weighted by Crippen LogP contribution is -2.39.